The highest BCUT2D eigenvalue weighted by molar-refractivity contribution is 6.02. The smallest absolute Gasteiger partial charge is 0.319 e. The van der Waals surface area contributed by atoms with E-state index >= 15 is 4.39 Å². The SMILES string of the molecule is C#Cc1cccc2cncc(-c3nc4c5c(nc(OCC67CCCN6C[C@H](F)C7)nc5c3F)NCCNCC[C@H](C)O4)c12. The Kier molecular flexibility index (Phi) is 7.19. The molecular formula is C32H33F2N7O2. The van der Waals surface area contributed by atoms with Crippen LogP contribution in [0, 0.1) is 18.2 Å². The van der Waals surface area contributed by atoms with E-state index in [0.717, 1.165) is 37.7 Å². The van der Waals surface area contributed by atoms with Crippen molar-refractivity contribution < 1.29 is 18.3 Å². The number of pyridine rings is 2. The van der Waals surface area contributed by atoms with E-state index in [2.05, 4.69) is 36.4 Å². The monoisotopic (exact) mass is 585 g/mol. The molecule has 0 saturated carbocycles. The normalized spacial score (nSPS) is 24.1. The Labute approximate surface area is 248 Å². The van der Waals surface area contributed by atoms with Crippen molar-refractivity contribution in [3.8, 4) is 35.5 Å². The average Bonchev–Trinajstić information content (AvgIpc) is 3.53. The maximum atomic E-state index is 16.8. The van der Waals surface area contributed by atoms with Gasteiger partial charge in [-0.05, 0) is 45.3 Å². The van der Waals surface area contributed by atoms with Crippen LogP contribution < -0.4 is 20.1 Å². The topological polar surface area (TPSA) is 97.3 Å². The molecule has 7 rings (SSSR count). The summed E-state index contributed by atoms with van der Waals surface area (Å²) in [6, 6.07) is 5.53. The van der Waals surface area contributed by atoms with E-state index in [0.29, 0.717) is 53.8 Å². The largest absolute Gasteiger partial charge is 0.474 e. The third-order valence-corrected chi connectivity index (χ3v) is 8.79. The van der Waals surface area contributed by atoms with Crippen LogP contribution in [-0.4, -0.2) is 82.0 Å². The lowest BCUT2D eigenvalue weighted by atomic mass is 9.95. The summed E-state index contributed by atoms with van der Waals surface area (Å²) in [5.41, 5.74) is 0.666. The molecule has 11 heteroatoms. The van der Waals surface area contributed by atoms with E-state index < -0.39 is 17.5 Å². The van der Waals surface area contributed by atoms with Gasteiger partial charge in [0.05, 0.1) is 11.6 Å². The Bertz CT molecular complexity index is 1740. The molecule has 3 aliphatic rings. The summed E-state index contributed by atoms with van der Waals surface area (Å²) in [4.78, 5) is 20.5. The number of aromatic nitrogens is 4. The van der Waals surface area contributed by atoms with Crippen molar-refractivity contribution in [1.82, 2.24) is 30.2 Å². The van der Waals surface area contributed by atoms with Crippen LogP contribution in [0.25, 0.3) is 32.9 Å². The number of nitrogens with zero attached hydrogens (tertiary/aromatic N) is 5. The van der Waals surface area contributed by atoms with E-state index in [-0.39, 0.29) is 35.8 Å². The summed E-state index contributed by atoms with van der Waals surface area (Å²) in [7, 11) is 0. The number of rotatable bonds is 4. The summed E-state index contributed by atoms with van der Waals surface area (Å²) < 4.78 is 43.7. The number of fused-ring (bicyclic) bond motifs is 2. The second kappa shape index (κ2) is 11.2. The molecule has 4 aromatic rings. The second-order valence-electron chi connectivity index (χ2n) is 11.7. The van der Waals surface area contributed by atoms with E-state index in [1.54, 1.807) is 18.5 Å². The maximum absolute atomic E-state index is 16.8. The van der Waals surface area contributed by atoms with Crippen LogP contribution in [0.3, 0.4) is 0 Å². The number of nitrogens with one attached hydrogen (secondary N) is 2. The summed E-state index contributed by atoms with van der Waals surface area (Å²) >= 11 is 0. The van der Waals surface area contributed by atoms with Gasteiger partial charge in [0.2, 0.25) is 5.88 Å². The van der Waals surface area contributed by atoms with Crippen molar-refractivity contribution in [1.29, 1.82) is 0 Å². The minimum atomic E-state index is -0.893. The van der Waals surface area contributed by atoms with Gasteiger partial charge < -0.3 is 20.1 Å². The van der Waals surface area contributed by atoms with Crippen molar-refractivity contribution in [3.05, 3.63) is 42.0 Å². The molecule has 3 atom stereocenters. The number of ether oxygens (including phenoxy) is 2. The van der Waals surface area contributed by atoms with E-state index in [1.165, 1.54) is 0 Å². The zero-order chi connectivity index (χ0) is 29.6. The molecule has 222 valence electrons. The van der Waals surface area contributed by atoms with E-state index in [9.17, 15) is 4.39 Å². The van der Waals surface area contributed by atoms with Crippen LogP contribution >= 0.6 is 0 Å². The Morgan fingerprint density at radius 3 is 2.98 bits per heavy atom. The first-order valence-corrected chi connectivity index (χ1v) is 14.8. The number of benzene rings is 1. The highest BCUT2D eigenvalue weighted by Gasteiger charge is 2.49. The van der Waals surface area contributed by atoms with Crippen molar-refractivity contribution in [2.45, 2.75) is 50.4 Å². The van der Waals surface area contributed by atoms with Gasteiger partial charge in [-0.25, -0.2) is 13.8 Å². The molecule has 2 saturated heterocycles. The number of anilines is 1. The molecule has 0 radical (unpaired) electrons. The number of hydrogen-bond donors (Lipinski definition) is 2. The molecule has 1 unspecified atom stereocenters. The fraction of sp³-hybridized carbons (Fsp3) is 0.438. The second-order valence-corrected chi connectivity index (χ2v) is 11.7. The summed E-state index contributed by atoms with van der Waals surface area (Å²) in [6.07, 6.45) is 10.9. The van der Waals surface area contributed by atoms with Crippen molar-refractivity contribution >= 4 is 27.5 Å². The van der Waals surface area contributed by atoms with E-state index in [4.69, 9.17) is 20.9 Å². The van der Waals surface area contributed by atoms with Crippen LogP contribution in [0.4, 0.5) is 14.6 Å². The van der Waals surface area contributed by atoms with Gasteiger partial charge in [0, 0.05) is 60.3 Å². The average molecular weight is 586 g/mol. The first kappa shape index (κ1) is 27.7. The predicted octanol–water partition coefficient (Wildman–Crippen LogP) is 4.49. The van der Waals surface area contributed by atoms with Crippen LogP contribution in [0.15, 0.2) is 30.6 Å². The fourth-order valence-electron chi connectivity index (χ4n) is 6.71. The van der Waals surface area contributed by atoms with Crippen LogP contribution in [0.5, 0.6) is 11.9 Å². The molecule has 3 aromatic heterocycles. The molecule has 1 aromatic carbocycles. The summed E-state index contributed by atoms with van der Waals surface area (Å²) in [6.45, 7) is 5.35. The molecule has 3 aliphatic heterocycles. The van der Waals surface area contributed by atoms with Gasteiger partial charge in [-0.1, -0.05) is 18.1 Å². The zero-order valence-electron chi connectivity index (χ0n) is 24.0. The third kappa shape index (κ3) is 4.98. The number of terminal acetylenes is 1. The standard InChI is InChI=1S/C32H33F2N7O2/c1-3-20-6-4-7-21-15-36-16-23(24(20)21)27-26(34)28-25-29(37-12-11-35-10-8-19(2)43-30(25)38-27)40-31(39-28)42-18-32-9-5-13-41(32)17-22(33)14-32/h1,4,6-7,15-16,19,22,35H,5,8-14,17-18H2,2H3,(H,37,39,40)/t19-,22+,32?/m0/s1. The lowest BCUT2D eigenvalue weighted by molar-refractivity contribution is 0.107. The lowest BCUT2D eigenvalue weighted by Crippen LogP contribution is -2.43. The molecule has 2 fully saturated rings. The molecule has 9 nitrogen and oxygen atoms in total. The number of hydrogen-bond acceptors (Lipinski definition) is 9. The summed E-state index contributed by atoms with van der Waals surface area (Å²) in [5.74, 6) is 2.61. The number of alkyl halides is 1. The first-order valence-electron chi connectivity index (χ1n) is 14.8. The van der Waals surface area contributed by atoms with Crippen molar-refractivity contribution in [2.75, 3.05) is 44.6 Å². The van der Waals surface area contributed by atoms with Crippen LogP contribution in [-0.2, 0) is 0 Å². The molecular weight excluding hydrogens is 552 g/mol. The molecule has 0 spiro atoms. The quantitative estimate of drug-likeness (QED) is 0.336. The maximum Gasteiger partial charge on any atom is 0.319 e. The zero-order valence-corrected chi connectivity index (χ0v) is 24.0. The Hall–Kier alpha value is -4.14. The molecule has 0 bridgehead atoms. The Balaban J connectivity index is 1.40. The Morgan fingerprint density at radius 2 is 2.09 bits per heavy atom. The molecule has 0 amide bonds. The van der Waals surface area contributed by atoms with Gasteiger partial charge in [0.1, 0.15) is 35.2 Å². The van der Waals surface area contributed by atoms with Crippen LogP contribution in [0.2, 0.25) is 0 Å². The van der Waals surface area contributed by atoms with Gasteiger partial charge in [-0.15, -0.1) is 6.42 Å². The van der Waals surface area contributed by atoms with Gasteiger partial charge in [0.15, 0.2) is 5.82 Å². The van der Waals surface area contributed by atoms with Gasteiger partial charge >= 0.3 is 6.01 Å². The third-order valence-electron chi connectivity index (χ3n) is 8.79. The number of halogens is 2. The highest BCUT2D eigenvalue weighted by atomic mass is 19.1. The summed E-state index contributed by atoms with van der Waals surface area (Å²) in [5, 5.41) is 8.44. The molecule has 2 N–H and O–H groups in total. The molecule has 43 heavy (non-hydrogen) atoms. The van der Waals surface area contributed by atoms with Crippen LogP contribution in [0.1, 0.15) is 38.2 Å². The predicted molar refractivity (Wildman–Crippen MR) is 161 cm³/mol. The first-order chi connectivity index (χ1) is 21.0. The molecule has 0 aliphatic carbocycles. The van der Waals surface area contributed by atoms with E-state index in [1.807, 2.05) is 19.1 Å². The van der Waals surface area contributed by atoms with Gasteiger partial charge in [-0.3, -0.25) is 9.88 Å². The highest BCUT2D eigenvalue weighted by Crippen LogP contribution is 2.42. The van der Waals surface area contributed by atoms with Crippen molar-refractivity contribution in [2.24, 2.45) is 0 Å². The lowest BCUT2D eigenvalue weighted by Gasteiger charge is -2.30. The van der Waals surface area contributed by atoms with Crippen molar-refractivity contribution in [3.63, 3.8) is 0 Å². The Morgan fingerprint density at radius 1 is 1.19 bits per heavy atom. The van der Waals surface area contributed by atoms with Gasteiger partial charge in [0.25, 0.3) is 0 Å². The minimum Gasteiger partial charge on any atom is -0.474 e. The molecule has 6 heterocycles. The minimum absolute atomic E-state index is 0.0109. The van der Waals surface area contributed by atoms with Gasteiger partial charge in [-0.2, -0.15) is 9.97 Å². The fourth-order valence-corrected chi connectivity index (χ4v) is 6.71.